The third-order valence-corrected chi connectivity index (χ3v) is 3.61. The summed E-state index contributed by atoms with van der Waals surface area (Å²) in [5, 5.41) is 4.55. The summed E-state index contributed by atoms with van der Waals surface area (Å²) in [6.07, 6.45) is -1.98. The van der Waals surface area contributed by atoms with Gasteiger partial charge in [-0.2, -0.15) is 0 Å². The molecule has 0 aromatic heterocycles. The molecule has 2 amide bonds. The smallest absolute Gasteiger partial charge is 0.408 e. The van der Waals surface area contributed by atoms with Gasteiger partial charge in [0, 0.05) is 0 Å². The average Bonchev–Trinajstić information content (AvgIpc) is 2.66. The predicted molar refractivity (Wildman–Crippen MR) is 115 cm³/mol. The second-order valence-corrected chi connectivity index (χ2v) is 8.86. The number of hydrogen-bond donors (Lipinski definition) is 2. The molecule has 2 N–H and O–H groups in total. The van der Waals surface area contributed by atoms with Crippen LogP contribution in [-0.2, 0) is 35.1 Å². The number of hydrogen-bond acceptors (Lipinski definition) is 8. The van der Waals surface area contributed by atoms with Crippen LogP contribution in [0.1, 0.15) is 47.1 Å². The van der Waals surface area contributed by atoms with E-state index in [4.69, 9.17) is 18.9 Å². The summed E-state index contributed by atoms with van der Waals surface area (Å²) in [7, 11) is 1.08. The topological polar surface area (TPSA) is 129 Å². The summed E-state index contributed by atoms with van der Waals surface area (Å²) < 4.78 is 20.3. The molecule has 1 aromatic carbocycles. The summed E-state index contributed by atoms with van der Waals surface area (Å²) in [6, 6.07) is 5.59. The molecule has 178 valence electrons. The second-order valence-electron chi connectivity index (χ2n) is 8.86. The number of esters is 2. The fourth-order valence-corrected chi connectivity index (χ4v) is 2.38. The molecule has 0 aliphatic heterocycles. The maximum atomic E-state index is 12.8. The Labute approximate surface area is 187 Å². The first-order chi connectivity index (χ1) is 14.7. The highest BCUT2D eigenvalue weighted by Crippen LogP contribution is 2.13. The Morgan fingerprint density at radius 3 is 1.78 bits per heavy atom. The van der Waals surface area contributed by atoms with E-state index in [0.717, 1.165) is 7.11 Å². The molecule has 10 heteroatoms. The van der Waals surface area contributed by atoms with E-state index in [1.807, 2.05) is 6.07 Å². The molecule has 10 nitrogen and oxygen atoms in total. The predicted octanol–water partition coefficient (Wildman–Crippen LogP) is 2.69. The third-order valence-electron chi connectivity index (χ3n) is 3.61. The van der Waals surface area contributed by atoms with Gasteiger partial charge in [0.15, 0.2) is 12.1 Å². The zero-order chi connectivity index (χ0) is 24.5. The van der Waals surface area contributed by atoms with Gasteiger partial charge < -0.3 is 29.6 Å². The largest absolute Gasteiger partial charge is 0.467 e. The van der Waals surface area contributed by atoms with E-state index >= 15 is 0 Å². The summed E-state index contributed by atoms with van der Waals surface area (Å²) in [4.78, 5) is 49.8. The fraction of sp³-hybridized carbons (Fsp3) is 0.545. The molecule has 0 aliphatic rings. The van der Waals surface area contributed by atoms with Gasteiger partial charge in [-0.1, -0.05) is 30.3 Å². The van der Waals surface area contributed by atoms with Gasteiger partial charge in [-0.25, -0.2) is 19.2 Å². The molecule has 1 aromatic rings. The molecule has 2 atom stereocenters. The molecule has 0 aliphatic carbocycles. The van der Waals surface area contributed by atoms with Crippen molar-refractivity contribution < 1.29 is 38.1 Å². The summed E-state index contributed by atoms with van der Waals surface area (Å²) in [5.41, 5.74) is -1.09. The van der Waals surface area contributed by atoms with Crippen LogP contribution in [0, 0.1) is 0 Å². The normalized spacial score (nSPS) is 13.2. The van der Waals surface area contributed by atoms with Gasteiger partial charge in [-0.15, -0.1) is 0 Å². The number of amides is 2. The monoisotopic (exact) mass is 452 g/mol. The van der Waals surface area contributed by atoms with Gasteiger partial charge in [0.25, 0.3) is 0 Å². The van der Waals surface area contributed by atoms with Crippen molar-refractivity contribution in [1.29, 1.82) is 0 Å². The molecule has 0 unspecified atom stereocenters. The molecule has 1 rings (SSSR count). The summed E-state index contributed by atoms with van der Waals surface area (Å²) in [5.74, 6) is -1.96. The molecule has 0 saturated carbocycles. The minimum Gasteiger partial charge on any atom is -0.467 e. The maximum Gasteiger partial charge on any atom is 0.408 e. The highest BCUT2D eigenvalue weighted by Gasteiger charge is 2.41. The first kappa shape index (κ1) is 26.7. The summed E-state index contributed by atoms with van der Waals surface area (Å²) >= 11 is 0. The number of benzene rings is 1. The van der Waals surface area contributed by atoms with E-state index < -0.39 is 47.4 Å². The Kier molecular flexibility index (Phi) is 9.49. The van der Waals surface area contributed by atoms with Gasteiger partial charge in [-0.3, -0.25) is 0 Å². The highest BCUT2D eigenvalue weighted by atomic mass is 16.6. The standard InChI is InChI=1S/C22H32N2O8/c1-21(2,3)31-18(26)16(24-20(28)32-22(4,5)6)15(17(25)29-7)23-19(27)30-13-14-11-9-8-10-12-14/h8-12,15-16H,13H2,1-7H3,(H,23,27)(H,24,28)/t15-,16+/m0/s1. The van der Waals surface area contributed by atoms with Crippen LogP contribution >= 0.6 is 0 Å². The zero-order valence-electron chi connectivity index (χ0n) is 19.5. The zero-order valence-corrected chi connectivity index (χ0v) is 19.5. The Bertz CT molecular complexity index is 796. The number of nitrogens with one attached hydrogen (secondary N) is 2. The first-order valence-corrected chi connectivity index (χ1v) is 9.99. The lowest BCUT2D eigenvalue weighted by Crippen LogP contribution is -2.60. The molecule has 0 saturated heterocycles. The lowest BCUT2D eigenvalue weighted by atomic mass is 10.1. The number of carbonyl (C=O) groups is 4. The molecule has 0 fully saturated rings. The van der Waals surface area contributed by atoms with E-state index in [0.29, 0.717) is 5.56 Å². The van der Waals surface area contributed by atoms with Crippen LogP contribution in [0.3, 0.4) is 0 Å². The highest BCUT2D eigenvalue weighted by molar-refractivity contribution is 5.92. The van der Waals surface area contributed by atoms with Crippen molar-refractivity contribution in [3.05, 3.63) is 35.9 Å². The fourth-order valence-electron chi connectivity index (χ4n) is 2.38. The minimum absolute atomic E-state index is 0.0723. The van der Waals surface area contributed by atoms with Crippen molar-refractivity contribution in [3.63, 3.8) is 0 Å². The van der Waals surface area contributed by atoms with Crippen molar-refractivity contribution in [2.24, 2.45) is 0 Å². The van der Waals surface area contributed by atoms with Crippen molar-refractivity contribution in [2.45, 2.75) is 71.4 Å². The molecule has 0 bridgehead atoms. The number of methoxy groups -OCH3 is 1. The van der Waals surface area contributed by atoms with E-state index in [9.17, 15) is 19.2 Å². The Morgan fingerprint density at radius 1 is 0.781 bits per heavy atom. The number of carbonyl (C=O) groups excluding carboxylic acids is 4. The second kappa shape index (κ2) is 11.4. The quantitative estimate of drug-likeness (QED) is 0.477. The van der Waals surface area contributed by atoms with E-state index in [-0.39, 0.29) is 6.61 Å². The van der Waals surface area contributed by atoms with Crippen molar-refractivity contribution in [1.82, 2.24) is 10.6 Å². The maximum absolute atomic E-state index is 12.8. The Hall–Kier alpha value is -3.30. The summed E-state index contributed by atoms with van der Waals surface area (Å²) in [6.45, 7) is 9.67. The lowest BCUT2D eigenvalue weighted by Gasteiger charge is -2.29. The van der Waals surface area contributed by atoms with Gasteiger partial charge in [0.1, 0.15) is 17.8 Å². The van der Waals surface area contributed by atoms with Crippen LogP contribution in [0.4, 0.5) is 9.59 Å². The molecule has 0 spiro atoms. The van der Waals surface area contributed by atoms with Crippen LogP contribution in [0.2, 0.25) is 0 Å². The van der Waals surface area contributed by atoms with Gasteiger partial charge >= 0.3 is 24.1 Å². The van der Waals surface area contributed by atoms with E-state index in [1.165, 1.54) is 0 Å². The van der Waals surface area contributed by atoms with Crippen molar-refractivity contribution in [3.8, 4) is 0 Å². The van der Waals surface area contributed by atoms with E-state index in [2.05, 4.69) is 10.6 Å². The SMILES string of the molecule is COC(=O)[C@@H](NC(=O)OCc1ccccc1)[C@@H](NC(=O)OC(C)(C)C)C(=O)OC(C)(C)C. The molecular formula is C22H32N2O8. The number of rotatable bonds is 7. The van der Waals surface area contributed by atoms with Crippen LogP contribution in [-0.4, -0.2) is 54.5 Å². The average molecular weight is 453 g/mol. The molecular weight excluding hydrogens is 420 g/mol. The molecule has 0 radical (unpaired) electrons. The number of ether oxygens (including phenoxy) is 4. The van der Waals surface area contributed by atoms with Crippen LogP contribution in [0.5, 0.6) is 0 Å². The van der Waals surface area contributed by atoms with Crippen molar-refractivity contribution in [2.75, 3.05) is 7.11 Å². The Morgan fingerprint density at radius 2 is 1.28 bits per heavy atom. The van der Waals surface area contributed by atoms with Crippen LogP contribution in [0.25, 0.3) is 0 Å². The first-order valence-electron chi connectivity index (χ1n) is 9.99. The van der Waals surface area contributed by atoms with Gasteiger partial charge in [-0.05, 0) is 47.1 Å². The molecule has 0 heterocycles. The van der Waals surface area contributed by atoms with Gasteiger partial charge in [0.05, 0.1) is 7.11 Å². The lowest BCUT2D eigenvalue weighted by molar-refractivity contribution is -0.162. The Balaban J connectivity index is 3.06. The van der Waals surface area contributed by atoms with E-state index in [1.54, 1.807) is 65.8 Å². The minimum atomic E-state index is -1.64. The van der Waals surface area contributed by atoms with Crippen LogP contribution < -0.4 is 10.6 Å². The van der Waals surface area contributed by atoms with Gasteiger partial charge in [0.2, 0.25) is 0 Å². The molecule has 32 heavy (non-hydrogen) atoms. The third kappa shape index (κ3) is 10.1. The van der Waals surface area contributed by atoms with Crippen molar-refractivity contribution >= 4 is 24.1 Å². The number of alkyl carbamates (subject to hydrolysis) is 2. The van der Waals surface area contributed by atoms with Crippen LogP contribution in [0.15, 0.2) is 30.3 Å².